The molecule has 0 bridgehead atoms. The Morgan fingerprint density at radius 2 is 1.81 bits per heavy atom. The van der Waals surface area contributed by atoms with Crippen LogP contribution in [0.3, 0.4) is 0 Å². The van der Waals surface area contributed by atoms with E-state index in [1.54, 1.807) is 31.4 Å². The second-order valence-electron chi connectivity index (χ2n) is 5.64. The predicted octanol–water partition coefficient (Wildman–Crippen LogP) is 2.82. The molecule has 1 atom stereocenters. The molecule has 1 unspecified atom stereocenters. The predicted molar refractivity (Wildman–Crippen MR) is 104 cm³/mol. The van der Waals surface area contributed by atoms with E-state index in [0.29, 0.717) is 23.8 Å². The van der Waals surface area contributed by atoms with Crippen LogP contribution in [0.4, 0.5) is 5.69 Å². The van der Waals surface area contributed by atoms with E-state index in [2.05, 4.69) is 15.8 Å². The van der Waals surface area contributed by atoms with Gasteiger partial charge >= 0.3 is 0 Å². The number of nitrogens with one attached hydrogen (secondary N) is 2. The Labute approximate surface area is 158 Å². The summed E-state index contributed by atoms with van der Waals surface area (Å²) in [5.41, 5.74) is 3.69. The van der Waals surface area contributed by atoms with Gasteiger partial charge < -0.3 is 14.8 Å². The van der Waals surface area contributed by atoms with Crippen molar-refractivity contribution in [3.8, 4) is 11.5 Å². The smallest absolute Gasteiger partial charge is 0.252 e. The van der Waals surface area contributed by atoms with E-state index >= 15 is 0 Å². The molecule has 2 rings (SSSR count). The fourth-order valence-corrected chi connectivity index (χ4v) is 2.18. The van der Waals surface area contributed by atoms with E-state index in [4.69, 9.17) is 9.47 Å². The molecule has 0 spiro atoms. The largest absolute Gasteiger partial charge is 0.497 e. The SMILES string of the molecule is CCOc1ccccc1C=NNC(=O)C(C)C(=O)Nc1ccc(OC)cc1. The van der Waals surface area contributed by atoms with E-state index in [9.17, 15) is 9.59 Å². The number of rotatable bonds is 8. The van der Waals surface area contributed by atoms with Gasteiger partial charge in [-0.15, -0.1) is 0 Å². The Balaban J connectivity index is 1.91. The highest BCUT2D eigenvalue weighted by Crippen LogP contribution is 2.16. The number of benzene rings is 2. The summed E-state index contributed by atoms with van der Waals surface area (Å²) in [7, 11) is 1.56. The van der Waals surface area contributed by atoms with Crippen molar-refractivity contribution in [2.24, 2.45) is 11.0 Å². The Hall–Kier alpha value is -3.35. The summed E-state index contributed by atoms with van der Waals surface area (Å²) in [6, 6.07) is 14.2. The molecule has 0 aromatic heterocycles. The van der Waals surface area contributed by atoms with Gasteiger partial charge in [-0.2, -0.15) is 5.10 Å². The molecular formula is C20H23N3O4. The second kappa shape index (κ2) is 9.96. The fourth-order valence-electron chi connectivity index (χ4n) is 2.18. The quantitative estimate of drug-likeness (QED) is 0.425. The second-order valence-corrected chi connectivity index (χ2v) is 5.64. The fraction of sp³-hybridized carbons (Fsp3) is 0.250. The van der Waals surface area contributed by atoms with Crippen molar-refractivity contribution in [3.05, 3.63) is 54.1 Å². The van der Waals surface area contributed by atoms with E-state index in [-0.39, 0.29) is 0 Å². The Morgan fingerprint density at radius 1 is 1.11 bits per heavy atom. The topological polar surface area (TPSA) is 89.0 Å². The number of hydrogen-bond acceptors (Lipinski definition) is 5. The van der Waals surface area contributed by atoms with Gasteiger partial charge in [0.05, 0.1) is 19.9 Å². The van der Waals surface area contributed by atoms with Crippen molar-refractivity contribution in [2.45, 2.75) is 13.8 Å². The van der Waals surface area contributed by atoms with Crippen LogP contribution >= 0.6 is 0 Å². The molecule has 0 aliphatic carbocycles. The number of carbonyl (C=O) groups is 2. The van der Waals surface area contributed by atoms with Gasteiger partial charge in [0.15, 0.2) is 0 Å². The maximum atomic E-state index is 12.2. The average molecular weight is 369 g/mol. The number of nitrogens with zero attached hydrogens (tertiary/aromatic N) is 1. The van der Waals surface area contributed by atoms with Crippen molar-refractivity contribution in [3.63, 3.8) is 0 Å². The standard InChI is InChI=1S/C20H23N3O4/c1-4-27-18-8-6-5-7-15(18)13-21-23-20(25)14(2)19(24)22-16-9-11-17(26-3)12-10-16/h5-14H,4H2,1-3H3,(H,22,24)(H,23,25). The average Bonchev–Trinajstić information content (AvgIpc) is 2.69. The third kappa shape index (κ3) is 5.85. The molecule has 0 saturated carbocycles. The number of anilines is 1. The molecule has 27 heavy (non-hydrogen) atoms. The van der Waals surface area contributed by atoms with Crippen LogP contribution in [0.25, 0.3) is 0 Å². The summed E-state index contributed by atoms with van der Waals surface area (Å²) in [4.78, 5) is 24.3. The summed E-state index contributed by atoms with van der Waals surface area (Å²) in [6.07, 6.45) is 1.48. The van der Waals surface area contributed by atoms with Crippen LogP contribution in [0.1, 0.15) is 19.4 Å². The highest BCUT2D eigenvalue weighted by atomic mass is 16.5. The molecule has 0 radical (unpaired) electrons. The first kappa shape index (κ1) is 20.0. The summed E-state index contributed by atoms with van der Waals surface area (Å²) >= 11 is 0. The van der Waals surface area contributed by atoms with Crippen molar-refractivity contribution >= 4 is 23.7 Å². The van der Waals surface area contributed by atoms with Crippen LogP contribution in [0.2, 0.25) is 0 Å². The molecule has 7 heteroatoms. The molecular weight excluding hydrogens is 346 g/mol. The number of hydrazone groups is 1. The molecule has 2 aromatic carbocycles. The summed E-state index contributed by atoms with van der Waals surface area (Å²) in [6.45, 7) is 3.93. The van der Waals surface area contributed by atoms with Gasteiger partial charge in [-0.3, -0.25) is 9.59 Å². The van der Waals surface area contributed by atoms with Gasteiger partial charge in [-0.05, 0) is 50.2 Å². The van der Waals surface area contributed by atoms with E-state index in [1.165, 1.54) is 13.1 Å². The zero-order valence-electron chi connectivity index (χ0n) is 15.6. The monoisotopic (exact) mass is 369 g/mol. The highest BCUT2D eigenvalue weighted by molar-refractivity contribution is 6.06. The van der Waals surface area contributed by atoms with Crippen molar-refractivity contribution in [1.29, 1.82) is 0 Å². The number of methoxy groups -OCH3 is 1. The van der Waals surface area contributed by atoms with Crippen LogP contribution in [-0.4, -0.2) is 31.7 Å². The number of carbonyl (C=O) groups excluding carboxylic acids is 2. The van der Waals surface area contributed by atoms with E-state index in [1.807, 2.05) is 31.2 Å². The van der Waals surface area contributed by atoms with Crippen LogP contribution < -0.4 is 20.2 Å². The zero-order chi connectivity index (χ0) is 19.6. The summed E-state index contributed by atoms with van der Waals surface area (Å²) in [5, 5.41) is 6.60. The molecule has 2 amide bonds. The molecule has 2 aromatic rings. The van der Waals surface area contributed by atoms with E-state index < -0.39 is 17.7 Å². The molecule has 7 nitrogen and oxygen atoms in total. The molecule has 2 N–H and O–H groups in total. The van der Waals surface area contributed by atoms with E-state index in [0.717, 1.165) is 5.56 Å². The Kier molecular flexibility index (Phi) is 7.37. The number of amides is 2. The molecule has 0 saturated heterocycles. The molecule has 0 aliphatic rings. The third-order valence-corrected chi connectivity index (χ3v) is 3.74. The maximum Gasteiger partial charge on any atom is 0.252 e. The summed E-state index contributed by atoms with van der Waals surface area (Å²) in [5.74, 6) is -0.496. The normalized spacial score (nSPS) is 11.7. The van der Waals surface area contributed by atoms with Gasteiger partial charge in [0.2, 0.25) is 5.91 Å². The zero-order valence-corrected chi connectivity index (χ0v) is 15.6. The molecule has 142 valence electrons. The molecule has 0 fully saturated rings. The summed E-state index contributed by atoms with van der Waals surface area (Å²) < 4.78 is 10.5. The Bertz CT molecular complexity index is 803. The van der Waals surface area contributed by atoms with Gasteiger partial charge in [0, 0.05) is 11.3 Å². The lowest BCUT2D eigenvalue weighted by Gasteiger charge is -2.11. The Morgan fingerprint density at radius 3 is 2.48 bits per heavy atom. The molecule has 0 heterocycles. The van der Waals surface area contributed by atoms with Gasteiger partial charge in [0.1, 0.15) is 17.4 Å². The first-order valence-electron chi connectivity index (χ1n) is 8.54. The third-order valence-electron chi connectivity index (χ3n) is 3.74. The first-order valence-corrected chi connectivity index (χ1v) is 8.54. The lowest BCUT2D eigenvalue weighted by Crippen LogP contribution is -2.34. The van der Waals surface area contributed by atoms with Gasteiger partial charge in [0.25, 0.3) is 5.91 Å². The minimum Gasteiger partial charge on any atom is -0.497 e. The number of ether oxygens (including phenoxy) is 2. The lowest BCUT2D eigenvalue weighted by atomic mass is 10.1. The van der Waals surface area contributed by atoms with Crippen LogP contribution in [0, 0.1) is 5.92 Å². The van der Waals surface area contributed by atoms with Crippen LogP contribution in [0.15, 0.2) is 53.6 Å². The molecule has 0 aliphatic heterocycles. The maximum absolute atomic E-state index is 12.2. The van der Waals surface area contributed by atoms with Crippen LogP contribution in [0.5, 0.6) is 11.5 Å². The lowest BCUT2D eigenvalue weighted by molar-refractivity contribution is -0.131. The minimum atomic E-state index is -0.911. The van der Waals surface area contributed by atoms with Crippen molar-refractivity contribution < 1.29 is 19.1 Å². The highest BCUT2D eigenvalue weighted by Gasteiger charge is 2.21. The number of hydrogen-bond donors (Lipinski definition) is 2. The van der Waals surface area contributed by atoms with Crippen LogP contribution in [-0.2, 0) is 9.59 Å². The minimum absolute atomic E-state index is 0.428. The number of para-hydroxylation sites is 1. The van der Waals surface area contributed by atoms with Crippen molar-refractivity contribution in [1.82, 2.24) is 5.43 Å². The first-order chi connectivity index (χ1) is 13.0. The van der Waals surface area contributed by atoms with Gasteiger partial charge in [-0.1, -0.05) is 12.1 Å². The van der Waals surface area contributed by atoms with Crippen molar-refractivity contribution in [2.75, 3.05) is 19.0 Å². The van der Waals surface area contributed by atoms with Gasteiger partial charge in [-0.25, -0.2) is 5.43 Å².